The van der Waals surface area contributed by atoms with E-state index in [1.54, 1.807) is 6.92 Å². The van der Waals surface area contributed by atoms with Gasteiger partial charge < -0.3 is 5.32 Å². The smallest absolute Gasteiger partial charge is 0.285 e. The van der Waals surface area contributed by atoms with Crippen LogP contribution in [-0.2, 0) is 10.0 Å². The summed E-state index contributed by atoms with van der Waals surface area (Å²) in [5.41, 5.74) is 4.55. The highest BCUT2D eigenvalue weighted by Gasteiger charge is 2.31. The predicted molar refractivity (Wildman–Crippen MR) is 114 cm³/mol. The van der Waals surface area contributed by atoms with E-state index >= 15 is 0 Å². The summed E-state index contributed by atoms with van der Waals surface area (Å²) in [7, 11) is -3.71. The van der Waals surface area contributed by atoms with Gasteiger partial charge in [-0.2, -0.15) is 8.42 Å². The third-order valence-corrected chi connectivity index (χ3v) is 6.33. The molecule has 0 radical (unpaired) electrons. The fraction of sp³-hybridized carbons (Fsp3) is 0.318. The van der Waals surface area contributed by atoms with E-state index in [-0.39, 0.29) is 4.91 Å². The van der Waals surface area contributed by atoms with E-state index in [2.05, 4.69) is 37.4 Å². The molecule has 1 aliphatic heterocycles. The first kappa shape index (κ1) is 19.4. The molecule has 0 spiro atoms. The van der Waals surface area contributed by atoms with Crippen molar-refractivity contribution in [2.45, 2.75) is 46.5 Å². The van der Waals surface area contributed by atoms with Crippen LogP contribution in [0.15, 0.2) is 58.5 Å². The van der Waals surface area contributed by atoms with Crippen LogP contribution in [0.2, 0.25) is 0 Å². The molecule has 3 rings (SSSR count). The molecule has 0 fully saturated rings. The van der Waals surface area contributed by atoms with Gasteiger partial charge in [0.05, 0.1) is 0 Å². The van der Waals surface area contributed by atoms with Crippen molar-refractivity contribution in [1.82, 2.24) is 0 Å². The number of benzene rings is 2. The van der Waals surface area contributed by atoms with Crippen molar-refractivity contribution < 1.29 is 8.42 Å². The molecule has 1 heterocycles. The second-order valence-corrected chi connectivity index (χ2v) is 9.09. The maximum absolute atomic E-state index is 12.7. The largest absolute Gasteiger partial charge is 0.339 e. The van der Waals surface area contributed by atoms with Gasteiger partial charge in [-0.25, -0.2) is 0 Å². The van der Waals surface area contributed by atoms with Gasteiger partial charge in [-0.1, -0.05) is 64.1 Å². The number of anilines is 1. The summed E-state index contributed by atoms with van der Waals surface area (Å²) in [4.78, 5) is 0.277. The van der Waals surface area contributed by atoms with Gasteiger partial charge in [-0.05, 0) is 47.6 Å². The SMILES string of the molecule is CC1=C(c2ccc(C(C)C)cc2)S(=O)(=O)N=C1Nc1ccc(C(C)C)cc1. The molecule has 27 heavy (non-hydrogen) atoms. The number of hydrogen-bond donors (Lipinski definition) is 1. The molecule has 5 heteroatoms. The van der Waals surface area contributed by atoms with Crippen molar-refractivity contribution in [2.24, 2.45) is 4.40 Å². The Bertz CT molecular complexity index is 997. The van der Waals surface area contributed by atoms with Crippen LogP contribution in [0.5, 0.6) is 0 Å². The van der Waals surface area contributed by atoms with Crippen molar-refractivity contribution in [1.29, 1.82) is 0 Å². The Labute approximate surface area is 162 Å². The molecule has 0 aliphatic carbocycles. The lowest BCUT2D eigenvalue weighted by molar-refractivity contribution is 0.608. The highest BCUT2D eigenvalue weighted by molar-refractivity contribution is 8.00. The number of hydrogen-bond acceptors (Lipinski definition) is 3. The van der Waals surface area contributed by atoms with Crippen molar-refractivity contribution in [3.8, 4) is 0 Å². The summed E-state index contributed by atoms with van der Waals surface area (Å²) in [5, 5.41) is 3.15. The lowest BCUT2D eigenvalue weighted by Crippen LogP contribution is -2.11. The molecule has 0 saturated heterocycles. The fourth-order valence-electron chi connectivity index (χ4n) is 3.12. The standard InChI is InChI=1S/C22H26N2O2S/c1-14(2)17-6-8-19(9-7-17)21-16(5)22(24-27(21,25)26)23-20-12-10-18(11-13-20)15(3)4/h6-15H,1-5H3,(H,23,24). The highest BCUT2D eigenvalue weighted by atomic mass is 32.2. The molecule has 0 atom stereocenters. The van der Waals surface area contributed by atoms with Gasteiger partial charge >= 0.3 is 0 Å². The number of rotatable bonds is 4. The minimum atomic E-state index is -3.71. The molecule has 2 aromatic rings. The first-order chi connectivity index (χ1) is 12.7. The van der Waals surface area contributed by atoms with Crippen LogP contribution in [0, 0.1) is 0 Å². The number of amidine groups is 1. The van der Waals surface area contributed by atoms with Gasteiger partial charge in [-0.3, -0.25) is 0 Å². The molecule has 1 N–H and O–H groups in total. The first-order valence-corrected chi connectivity index (χ1v) is 10.7. The molecule has 0 aromatic heterocycles. The van der Waals surface area contributed by atoms with E-state index in [9.17, 15) is 8.42 Å². The maximum Gasteiger partial charge on any atom is 0.285 e. The summed E-state index contributed by atoms with van der Waals surface area (Å²) in [6.45, 7) is 10.3. The molecule has 2 aromatic carbocycles. The van der Waals surface area contributed by atoms with Gasteiger partial charge in [0.15, 0.2) is 0 Å². The highest BCUT2D eigenvalue weighted by Crippen LogP contribution is 2.33. The Hall–Kier alpha value is -2.40. The maximum atomic E-state index is 12.7. The van der Waals surface area contributed by atoms with Gasteiger partial charge in [0.25, 0.3) is 10.0 Å². The van der Waals surface area contributed by atoms with Crippen LogP contribution >= 0.6 is 0 Å². The lowest BCUT2D eigenvalue weighted by atomic mass is 10.0. The number of nitrogens with one attached hydrogen (secondary N) is 1. The Morgan fingerprint density at radius 3 is 1.78 bits per heavy atom. The van der Waals surface area contributed by atoms with Gasteiger partial charge in [0, 0.05) is 11.3 Å². The van der Waals surface area contributed by atoms with Crippen molar-refractivity contribution in [3.63, 3.8) is 0 Å². The summed E-state index contributed by atoms with van der Waals surface area (Å²) in [6.07, 6.45) is 0. The van der Waals surface area contributed by atoms with Gasteiger partial charge in [0.1, 0.15) is 10.7 Å². The monoisotopic (exact) mass is 382 g/mol. The quantitative estimate of drug-likeness (QED) is 0.757. The minimum Gasteiger partial charge on any atom is -0.339 e. The van der Waals surface area contributed by atoms with Crippen LogP contribution in [0.25, 0.3) is 4.91 Å². The van der Waals surface area contributed by atoms with Crippen LogP contribution in [0.1, 0.15) is 63.1 Å². The molecule has 4 nitrogen and oxygen atoms in total. The van der Waals surface area contributed by atoms with E-state index in [1.807, 2.05) is 48.5 Å². The van der Waals surface area contributed by atoms with E-state index in [0.717, 1.165) is 5.69 Å². The molecule has 0 amide bonds. The van der Waals surface area contributed by atoms with Gasteiger partial charge in [-0.15, -0.1) is 4.40 Å². The summed E-state index contributed by atoms with van der Waals surface area (Å²) in [6, 6.07) is 15.7. The average molecular weight is 383 g/mol. The fourth-order valence-corrected chi connectivity index (χ4v) is 4.56. The van der Waals surface area contributed by atoms with Crippen LogP contribution in [0.3, 0.4) is 0 Å². The Morgan fingerprint density at radius 1 is 0.815 bits per heavy atom. The topological polar surface area (TPSA) is 58.5 Å². The molecule has 142 valence electrons. The predicted octanol–water partition coefficient (Wildman–Crippen LogP) is 5.52. The average Bonchev–Trinajstić information content (AvgIpc) is 2.84. The second-order valence-electron chi connectivity index (χ2n) is 7.55. The Morgan fingerprint density at radius 2 is 1.30 bits per heavy atom. The molecule has 0 unspecified atom stereocenters. The molecular weight excluding hydrogens is 356 g/mol. The van der Waals surface area contributed by atoms with Crippen LogP contribution in [0.4, 0.5) is 5.69 Å². The van der Waals surface area contributed by atoms with E-state index in [4.69, 9.17) is 0 Å². The van der Waals surface area contributed by atoms with Crippen molar-refractivity contribution in [3.05, 3.63) is 70.8 Å². The molecule has 0 bridgehead atoms. The minimum absolute atomic E-state index is 0.277. The molecular formula is C22H26N2O2S. The lowest BCUT2D eigenvalue weighted by Gasteiger charge is -2.10. The summed E-state index contributed by atoms with van der Waals surface area (Å²) < 4.78 is 29.3. The Balaban J connectivity index is 1.91. The zero-order valence-electron chi connectivity index (χ0n) is 16.4. The van der Waals surface area contributed by atoms with Gasteiger partial charge in [0.2, 0.25) is 0 Å². The van der Waals surface area contributed by atoms with Crippen molar-refractivity contribution in [2.75, 3.05) is 5.32 Å². The zero-order valence-corrected chi connectivity index (χ0v) is 17.3. The zero-order chi connectivity index (χ0) is 19.8. The molecule has 0 saturated carbocycles. The summed E-state index contributed by atoms with van der Waals surface area (Å²) in [5.74, 6) is 1.23. The van der Waals surface area contributed by atoms with E-state index in [1.165, 1.54) is 11.1 Å². The number of sulfonamides is 1. The third-order valence-electron chi connectivity index (χ3n) is 4.84. The van der Waals surface area contributed by atoms with E-state index < -0.39 is 10.0 Å². The van der Waals surface area contributed by atoms with E-state index in [0.29, 0.717) is 28.8 Å². The molecule has 1 aliphatic rings. The third kappa shape index (κ3) is 3.98. The second kappa shape index (κ2) is 7.31. The van der Waals surface area contributed by atoms with Crippen molar-refractivity contribution >= 4 is 26.5 Å². The number of nitrogens with zero attached hydrogens (tertiary/aromatic N) is 1. The summed E-state index contributed by atoms with van der Waals surface area (Å²) >= 11 is 0. The first-order valence-electron chi connectivity index (χ1n) is 9.22. The normalized spacial score (nSPS) is 16.2. The van der Waals surface area contributed by atoms with Crippen LogP contribution < -0.4 is 5.32 Å². The Kier molecular flexibility index (Phi) is 5.24. The van der Waals surface area contributed by atoms with Crippen LogP contribution in [-0.4, -0.2) is 14.3 Å².